The smallest absolute Gasteiger partial charge is 0.265 e. The van der Waals surface area contributed by atoms with Crippen molar-refractivity contribution in [2.75, 3.05) is 25.0 Å². The number of morpholine rings is 1. The van der Waals surface area contributed by atoms with Crippen molar-refractivity contribution in [1.82, 2.24) is 9.47 Å². The maximum absolute atomic E-state index is 13.6. The molecule has 0 saturated carbocycles. The average Bonchev–Trinajstić information content (AvgIpc) is 2.94. The standard InChI is InChI=1S/C22H25N3O3S2/c1-5-25-17-9-7-6-8-15(17)19(24-11-13(2)28-14(3)12-24)16(20(25)26)10-18-21(27)23(4)22(29)30-18/h6-10,13-14H,5,11-12H2,1-4H3. The van der Waals surface area contributed by atoms with Crippen LogP contribution in [0.3, 0.4) is 0 Å². The van der Waals surface area contributed by atoms with Crippen LogP contribution in [0, 0.1) is 0 Å². The van der Waals surface area contributed by atoms with E-state index in [2.05, 4.69) is 4.90 Å². The van der Waals surface area contributed by atoms with Gasteiger partial charge in [0, 0.05) is 32.1 Å². The Morgan fingerprint density at radius 2 is 1.87 bits per heavy atom. The van der Waals surface area contributed by atoms with Crippen LogP contribution in [-0.2, 0) is 16.1 Å². The average molecular weight is 444 g/mol. The number of fused-ring (bicyclic) bond motifs is 1. The zero-order chi connectivity index (χ0) is 21.6. The molecule has 0 spiro atoms. The van der Waals surface area contributed by atoms with E-state index >= 15 is 0 Å². The van der Waals surface area contributed by atoms with E-state index in [0.717, 1.165) is 16.6 Å². The molecule has 1 aromatic heterocycles. The van der Waals surface area contributed by atoms with Crippen molar-refractivity contribution in [3.05, 3.63) is 45.1 Å². The van der Waals surface area contributed by atoms with Crippen LogP contribution < -0.4 is 10.5 Å². The molecule has 1 aromatic carbocycles. The Morgan fingerprint density at radius 1 is 1.20 bits per heavy atom. The highest BCUT2D eigenvalue weighted by Crippen LogP contribution is 2.36. The largest absolute Gasteiger partial charge is 0.372 e. The van der Waals surface area contributed by atoms with E-state index in [4.69, 9.17) is 17.0 Å². The summed E-state index contributed by atoms with van der Waals surface area (Å²) in [5, 5.41) is 0.999. The van der Waals surface area contributed by atoms with Gasteiger partial charge in [-0.25, -0.2) is 0 Å². The lowest BCUT2D eigenvalue weighted by Gasteiger charge is -2.38. The van der Waals surface area contributed by atoms with E-state index in [1.807, 2.05) is 45.0 Å². The minimum absolute atomic E-state index is 0.0443. The van der Waals surface area contributed by atoms with Gasteiger partial charge >= 0.3 is 0 Å². The van der Waals surface area contributed by atoms with Gasteiger partial charge in [-0.05, 0) is 32.9 Å². The molecule has 2 atom stereocenters. The number of para-hydroxylation sites is 1. The Hall–Kier alpha value is -2.16. The molecule has 2 saturated heterocycles. The van der Waals surface area contributed by atoms with Crippen LogP contribution >= 0.6 is 24.0 Å². The molecule has 2 aliphatic rings. The lowest BCUT2D eigenvalue weighted by Crippen LogP contribution is -2.46. The Bertz CT molecular complexity index is 1110. The number of ether oxygens (including phenoxy) is 1. The van der Waals surface area contributed by atoms with Gasteiger partial charge in [-0.1, -0.05) is 42.2 Å². The third-order valence-electron chi connectivity index (χ3n) is 5.49. The van der Waals surface area contributed by atoms with Crippen LogP contribution in [0.2, 0.25) is 0 Å². The number of aryl methyl sites for hydroxylation is 1. The molecule has 0 radical (unpaired) electrons. The number of benzene rings is 1. The summed E-state index contributed by atoms with van der Waals surface area (Å²) >= 11 is 6.51. The molecular weight excluding hydrogens is 418 g/mol. The van der Waals surface area contributed by atoms with Gasteiger partial charge in [0.25, 0.3) is 11.5 Å². The fraction of sp³-hybridized carbons (Fsp3) is 0.409. The van der Waals surface area contributed by atoms with Crippen LogP contribution in [0.5, 0.6) is 0 Å². The first-order chi connectivity index (χ1) is 14.3. The molecule has 158 valence electrons. The number of thiocarbonyl (C=S) groups is 1. The van der Waals surface area contributed by atoms with E-state index in [1.165, 1.54) is 16.7 Å². The summed E-state index contributed by atoms with van der Waals surface area (Å²) in [5.41, 5.74) is 2.20. The third kappa shape index (κ3) is 3.57. The SMILES string of the molecule is CCn1c(=O)c(C=C2SC(=S)N(C)C2=O)c(N2CC(C)OC(C)C2)c2ccccc21. The number of likely N-dealkylation sites (N-methyl/N-ethyl adjacent to an activating group) is 1. The van der Waals surface area contributed by atoms with Crippen molar-refractivity contribution in [2.45, 2.75) is 39.5 Å². The summed E-state index contributed by atoms with van der Waals surface area (Å²) in [5.74, 6) is -0.171. The molecule has 0 bridgehead atoms. The summed E-state index contributed by atoms with van der Waals surface area (Å²) in [6.45, 7) is 7.95. The van der Waals surface area contributed by atoms with Gasteiger partial charge in [-0.3, -0.25) is 14.5 Å². The summed E-state index contributed by atoms with van der Waals surface area (Å²) in [6, 6.07) is 7.96. The van der Waals surface area contributed by atoms with Crippen molar-refractivity contribution in [2.24, 2.45) is 0 Å². The number of anilines is 1. The summed E-state index contributed by atoms with van der Waals surface area (Å²) in [4.78, 5) is 30.4. The maximum Gasteiger partial charge on any atom is 0.265 e. The number of carbonyl (C=O) groups is 1. The predicted molar refractivity (Wildman–Crippen MR) is 127 cm³/mol. The highest BCUT2D eigenvalue weighted by Gasteiger charge is 2.31. The van der Waals surface area contributed by atoms with Gasteiger partial charge in [0.05, 0.1) is 33.9 Å². The quantitative estimate of drug-likeness (QED) is 0.535. The van der Waals surface area contributed by atoms with Crippen molar-refractivity contribution < 1.29 is 9.53 Å². The van der Waals surface area contributed by atoms with Gasteiger partial charge in [0.2, 0.25) is 0 Å². The predicted octanol–water partition coefficient (Wildman–Crippen LogP) is 3.47. The van der Waals surface area contributed by atoms with Crippen LogP contribution in [0.1, 0.15) is 26.3 Å². The molecule has 8 heteroatoms. The Kier molecular flexibility index (Phi) is 5.74. The number of amides is 1. The fourth-order valence-electron chi connectivity index (χ4n) is 4.23. The van der Waals surface area contributed by atoms with E-state index in [0.29, 0.717) is 34.4 Å². The first-order valence-electron chi connectivity index (χ1n) is 10.1. The lowest BCUT2D eigenvalue weighted by molar-refractivity contribution is -0.121. The number of hydrogen-bond acceptors (Lipinski definition) is 6. The molecule has 3 heterocycles. The zero-order valence-electron chi connectivity index (χ0n) is 17.5. The number of nitrogens with zero attached hydrogens (tertiary/aromatic N) is 3. The highest BCUT2D eigenvalue weighted by molar-refractivity contribution is 8.26. The topological polar surface area (TPSA) is 54.8 Å². The molecule has 2 aliphatic heterocycles. The van der Waals surface area contributed by atoms with E-state index < -0.39 is 0 Å². The Morgan fingerprint density at radius 3 is 2.47 bits per heavy atom. The number of aromatic nitrogens is 1. The molecule has 0 aliphatic carbocycles. The first kappa shape index (κ1) is 21.1. The van der Waals surface area contributed by atoms with Crippen LogP contribution in [-0.4, -0.2) is 52.0 Å². The van der Waals surface area contributed by atoms with Crippen molar-refractivity contribution in [3.8, 4) is 0 Å². The van der Waals surface area contributed by atoms with Gasteiger partial charge in [0.15, 0.2) is 0 Å². The van der Waals surface area contributed by atoms with Gasteiger partial charge in [-0.2, -0.15) is 0 Å². The number of rotatable bonds is 3. The normalized spacial score (nSPS) is 23.8. The summed E-state index contributed by atoms with van der Waals surface area (Å²) in [7, 11) is 1.66. The Labute approximate surface area is 185 Å². The number of pyridine rings is 1. The molecule has 1 amide bonds. The molecule has 2 unspecified atom stereocenters. The first-order valence-corrected chi connectivity index (χ1v) is 11.3. The van der Waals surface area contributed by atoms with Crippen LogP contribution in [0.4, 0.5) is 5.69 Å². The van der Waals surface area contributed by atoms with E-state index in [1.54, 1.807) is 17.7 Å². The third-order valence-corrected chi connectivity index (χ3v) is 6.98. The maximum atomic E-state index is 13.6. The molecule has 0 N–H and O–H groups in total. The molecule has 4 rings (SSSR count). The fourth-order valence-corrected chi connectivity index (χ4v) is 5.39. The van der Waals surface area contributed by atoms with Crippen molar-refractivity contribution in [3.63, 3.8) is 0 Å². The van der Waals surface area contributed by atoms with Gasteiger partial charge in [0.1, 0.15) is 4.32 Å². The van der Waals surface area contributed by atoms with E-state index in [-0.39, 0.29) is 23.7 Å². The van der Waals surface area contributed by atoms with Crippen molar-refractivity contribution in [1.29, 1.82) is 0 Å². The zero-order valence-corrected chi connectivity index (χ0v) is 19.2. The Balaban J connectivity index is 2.01. The number of carbonyl (C=O) groups excluding carboxylic acids is 1. The van der Waals surface area contributed by atoms with Gasteiger partial charge < -0.3 is 14.2 Å². The summed E-state index contributed by atoms with van der Waals surface area (Å²) in [6.07, 6.45) is 1.81. The molecule has 2 aromatic rings. The minimum atomic E-state index is -0.171. The molecule has 2 fully saturated rings. The van der Waals surface area contributed by atoms with E-state index in [9.17, 15) is 9.59 Å². The number of hydrogen-bond donors (Lipinski definition) is 0. The van der Waals surface area contributed by atoms with Crippen LogP contribution in [0.15, 0.2) is 34.0 Å². The molecule has 30 heavy (non-hydrogen) atoms. The second-order valence-electron chi connectivity index (χ2n) is 7.73. The minimum Gasteiger partial charge on any atom is -0.372 e. The second-order valence-corrected chi connectivity index (χ2v) is 9.41. The summed E-state index contributed by atoms with van der Waals surface area (Å²) < 4.78 is 8.19. The molecule has 6 nitrogen and oxygen atoms in total. The monoisotopic (exact) mass is 443 g/mol. The second kappa shape index (κ2) is 8.17. The number of thioether (sulfide) groups is 1. The van der Waals surface area contributed by atoms with Crippen LogP contribution in [0.25, 0.3) is 17.0 Å². The molecular formula is C22H25N3O3S2. The highest BCUT2D eigenvalue weighted by atomic mass is 32.2. The van der Waals surface area contributed by atoms with Crippen molar-refractivity contribution >= 4 is 56.9 Å². The van der Waals surface area contributed by atoms with Gasteiger partial charge in [-0.15, -0.1) is 0 Å². The lowest BCUT2D eigenvalue weighted by atomic mass is 10.0.